The van der Waals surface area contributed by atoms with Gasteiger partial charge in [0, 0.05) is 5.69 Å². The first-order valence-corrected chi connectivity index (χ1v) is 4.43. The average molecular weight is 206 g/mol. The highest BCUT2D eigenvalue weighted by molar-refractivity contribution is 7.89. The van der Waals surface area contributed by atoms with Crippen molar-refractivity contribution in [3.63, 3.8) is 0 Å². The molecule has 0 heterocycles. The minimum Gasteiger partial charge on any atom is -0.399 e. The maximum Gasteiger partial charge on any atom is 0.238 e. The highest BCUT2D eigenvalue weighted by Crippen LogP contribution is 2.08. The summed E-state index contributed by atoms with van der Waals surface area (Å²) >= 11 is 0. The molecule has 4 nitrogen and oxygen atoms in total. The van der Waals surface area contributed by atoms with E-state index >= 15 is 0 Å². The Labute approximate surface area is 78.1 Å². The molecule has 1 aromatic carbocycles. The van der Waals surface area contributed by atoms with Crippen LogP contribution in [0.4, 0.5) is 5.69 Å². The van der Waals surface area contributed by atoms with E-state index in [9.17, 15) is 8.42 Å². The Morgan fingerprint density at radius 3 is 1.83 bits per heavy atom. The monoisotopic (exact) mass is 206 g/mol. The van der Waals surface area contributed by atoms with Crippen LogP contribution in [0.3, 0.4) is 0 Å². The van der Waals surface area contributed by atoms with Crippen LogP contribution in [0.15, 0.2) is 29.2 Å². The predicted molar refractivity (Wildman–Crippen MR) is 52.6 cm³/mol. The minimum absolute atomic E-state index is 0. The zero-order valence-corrected chi connectivity index (χ0v) is 8.01. The summed E-state index contributed by atoms with van der Waals surface area (Å²) in [6, 6.07) is 5.70. The van der Waals surface area contributed by atoms with Gasteiger partial charge in [0.25, 0.3) is 0 Å². The summed E-state index contributed by atoms with van der Waals surface area (Å²) in [5.74, 6) is 0. The van der Waals surface area contributed by atoms with Gasteiger partial charge < -0.3 is 5.73 Å². The van der Waals surface area contributed by atoms with Gasteiger partial charge in [-0.1, -0.05) is 0 Å². The second-order valence-corrected chi connectivity index (χ2v) is 3.68. The lowest BCUT2D eigenvalue weighted by Crippen LogP contribution is -2.11. The molecule has 0 aliphatic rings. The number of rotatable bonds is 1. The first-order chi connectivity index (χ1) is 5.00. The Balaban J connectivity index is 0.00000121. The van der Waals surface area contributed by atoms with Gasteiger partial charge >= 0.3 is 0 Å². The van der Waals surface area contributed by atoms with E-state index in [0.29, 0.717) is 5.69 Å². The van der Waals surface area contributed by atoms with E-state index in [4.69, 9.17) is 10.9 Å². The van der Waals surface area contributed by atoms with Gasteiger partial charge in [-0.25, -0.2) is 13.6 Å². The summed E-state index contributed by atoms with van der Waals surface area (Å²) in [6.07, 6.45) is 0. The molecule has 0 aliphatic heterocycles. The molecule has 1 rings (SSSR count). The van der Waals surface area contributed by atoms with Crippen LogP contribution in [-0.4, -0.2) is 8.42 Å². The second-order valence-electron chi connectivity index (χ2n) is 2.11. The number of primary sulfonamides is 1. The first-order valence-electron chi connectivity index (χ1n) is 2.88. The fourth-order valence-electron chi connectivity index (χ4n) is 0.658. The number of nitrogen functional groups attached to an aromatic ring is 1. The molecule has 0 radical (unpaired) electrons. The summed E-state index contributed by atoms with van der Waals surface area (Å²) in [4.78, 5) is 0.0756. The molecule has 0 bridgehead atoms. The van der Waals surface area contributed by atoms with Crippen molar-refractivity contribution in [1.29, 1.82) is 0 Å². The number of anilines is 1. The molecule has 0 amide bonds. The molecule has 0 atom stereocenters. The van der Waals surface area contributed by atoms with Gasteiger partial charge in [0.05, 0.1) is 4.90 Å². The van der Waals surface area contributed by atoms with Crippen molar-refractivity contribution in [2.24, 2.45) is 5.14 Å². The van der Waals surface area contributed by atoms with E-state index in [1.165, 1.54) is 24.3 Å². The van der Waals surface area contributed by atoms with Crippen molar-refractivity contribution in [2.45, 2.75) is 4.90 Å². The summed E-state index contributed by atoms with van der Waals surface area (Å²) in [5, 5.41) is 4.84. The van der Waals surface area contributed by atoms with E-state index in [1.54, 1.807) is 0 Å². The van der Waals surface area contributed by atoms with Crippen molar-refractivity contribution < 1.29 is 8.42 Å². The van der Waals surface area contributed by atoms with E-state index in [1.807, 2.05) is 0 Å². The molecular weight excluding hydrogens is 196 g/mol. The van der Waals surface area contributed by atoms with E-state index in [-0.39, 0.29) is 18.4 Å². The molecule has 0 spiro atoms. The molecule has 6 heteroatoms. The van der Waals surface area contributed by atoms with Crippen LogP contribution in [0.2, 0.25) is 0 Å². The van der Waals surface area contributed by atoms with Crippen LogP contribution >= 0.6 is 13.5 Å². The standard InChI is InChI=1S/C6H8N2O2S.H2S/c7-5-1-3-6(4-2-5)11(8,9)10;/h1-4H,7H2,(H2,8,9,10);1H2. The summed E-state index contributed by atoms with van der Waals surface area (Å²) in [7, 11) is -3.58. The van der Waals surface area contributed by atoms with Crippen LogP contribution in [-0.2, 0) is 10.0 Å². The fraction of sp³-hybridized carbons (Fsp3) is 0. The van der Waals surface area contributed by atoms with Crippen molar-refractivity contribution in [1.82, 2.24) is 0 Å². The number of hydrogen-bond acceptors (Lipinski definition) is 3. The zero-order chi connectivity index (χ0) is 8.48. The van der Waals surface area contributed by atoms with Gasteiger partial charge in [-0.2, -0.15) is 13.5 Å². The number of hydrogen-bond donors (Lipinski definition) is 2. The van der Waals surface area contributed by atoms with Crippen molar-refractivity contribution in [2.75, 3.05) is 5.73 Å². The lowest BCUT2D eigenvalue weighted by atomic mass is 10.3. The molecule has 0 aromatic heterocycles. The van der Waals surface area contributed by atoms with Gasteiger partial charge in [0.1, 0.15) is 0 Å². The maximum absolute atomic E-state index is 10.7. The fourth-order valence-corrected chi connectivity index (χ4v) is 1.17. The van der Waals surface area contributed by atoms with Crippen LogP contribution < -0.4 is 10.9 Å². The first kappa shape index (κ1) is 11.3. The minimum atomic E-state index is -3.58. The van der Waals surface area contributed by atoms with Crippen molar-refractivity contribution >= 4 is 29.2 Å². The maximum atomic E-state index is 10.7. The topological polar surface area (TPSA) is 86.2 Å². The van der Waals surface area contributed by atoms with Crippen molar-refractivity contribution in [3.8, 4) is 0 Å². The van der Waals surface area contributed by atoms with Gasteiger partial charge in [0.2, 0.25) is 10.0 Å². The van der Waals surface area contributed by atoms with Crippen LogP contribution in [0.1, 0.15) is 0 Å². The Morgan fingerprint density at radius 2 is 1.50 bits per heavy atom. The Kier molecular flexibility index (Phi) is 3.56. The predicted octanol–water partition coefficient (Wildman–Crippen LogP) is 0.0290. The highest BCUT2D eigenvalue weighted by Gasteiger charge is 2.04. The van der Waals surface area contributed by atoms with E-state index in [2.05, 4.69) is 0 Å². The smallest absolute Gasteiger partial charge is 0.238 e. The molecule has 0 saturated carbocycles. The molecule has 4 N–H and O–H groups in total. The largest absolute Gasteiger partial charge is 0.399 e. The lowest BCUT2D eigenvalue weighted by Gasteiger charge is -1.96. The van der Waals surface area contributed by atoms with E-state index in [0.717, 1.165) is 0 Å². The molecule has 68 valence electrons. The SMILES string of the molecule is Nc1ccc(S(N)(=O)=O)cc1.S. The number of nitrogens with two attached hydrogens (primary N) is 2. The van der Waals surface area contributed by atoms with E-state index < -0.39 is 10.0 Å². The van der Waals surface area contributed by atoms with Gasteiger partial charge in [-0.3, -0.25) is 0 Å². The Morgan fingerprint density at radius 1 is 1.08 bits per heavy atom. The average Bonchev–Trinajstić information content (AvgIpc) is 1.86. The molecule has 0 saturated heterocycles. The van der Waals surface area contributed by atoms with Crippen LogP contribution in [0, 0.1) is 0 Å². The summed E-state index contributed by atoms with van der Waals surface area (Å²) < 4.78 is 21.4. The zero-order valence-electron chi connectivity index (χ0n) is 6.19. The number of benzene rings is 1. The summed E-state index contributed by atoms with van der Waals surface area (Å²) in [5.41, 5.74) is 5.85. The van der Waals surface area contributed by atoms with Gasteiger partial charge in [-0.15, -0.1) is 0 Å². The Hall–Kier alpha value is -0.720. The van der Waals surface area contributed by atoms with Gasteiger partial charge in [0.15, 0.2) is 0 Å². The van der Waals surface area contributed by atoms with Crippen LogP contribution in [0.25, 0.3) is 0 Å². The third-order valence-corrected chi connectivity index (χ3v) is 2.14. The molecule has 0 unspecified atom stereocenters. The summed E-state index contributed by atoms with van der Waals surface area (Å²) in [6.45, 7) is 0. The van der Waals surface area contributed by atoms with Gasteiger partial charge in [-0.05, 0) is 24.3 Å². The molecule has 12 heavy (non-hydrogen) atoms. The highest BCUT2D eigenvalue weighted by atomic mass is 32.2. The quantitative estimate of drug-likeness (QED) is 0.635. The molecule has 0 aliphatic carbocycles. The third-order valence-electron chi connectivity index (χ3n) is 1.21. The lowest BCUT2D eigenvalue weighted by molar-refractivity contribution is 0.598. The van der Waals surface area contributed by atoms with Crippen LogP contribution in [0.5, 0.6) is 0 Å². The second kappa shape index (κ2) is 3.79. The normalized spacial score (nSPS) is 10.4. The Bertz CT molecular complexity index is 344. The number of sulfonamides is 1. The van der Waals surface area contributed by atoms with Crippen molar-refractivity contribution in [3.05, 3.63) is 24.3 Å². The molecule has 0 fully saturated rings. The third kappa shape index (κ3) is 2.72. The molecular formula is C6H10N2O2S2. The molecule has 1 aromatic rings.